The predicted octanol–water partition coefficient (Wildman–Crippen LogP) is 3.93. The summed E-state index contributed by atoms with van der Waals surface area (Å²) < 4.78 is 28.9. The van der Waals surface area contributed by atoms with Crippen molar-refractivity contribution in [1.82, 2.24) is 0 Å². The average molecular weight is 480 g/mol. The first-order chi connectivity index (χ1) is 15.4. The van der Waals surface area contributed by atoms with Crippen molar-refractivity contribution in [3.8, 4) is 0 Å². The molecule has 0 radical (unpaired) electrons. The molecule has 5 atom stereocenters. The van der Waals surface area contributed by atoms with E-state index in [1.165, 1.54) is 11.8 Å². The lowest BCUT2D eigenvalue weighted by atomic mass is 9.55. The predicted molar refractivity (Wildman–Crippen MR) is 134 cm³/mol. The van der Waals surface area contributed by atoms with Gasteiger partial charge in [0.05, 0.1) is 11.9 Å². The highest BCUT2D eigenvalue weighted by atomic mass is 32.2. The molecule has 0 aliphatic heterocycles. The van der Waals surface area contributed by atoms with Crippen LogP contribution < -0.4 is 11.5 Å². The van der Waals surface area contributed by atoms with Gasteiger partial charge in [0.2, 0.25) is 0 Å². The molecule has 3 fully saturated rings. The van der Waals surface area contributed by atoms with Crippen molar-refractivity contribution in [3.63, 3.8) is 0 Å². The summed E-state index contributed by atoms with van der Waals surface area (Å²) in [5.41, 5.74) is 15.9. The van der Waals surface area contributed by atoms with Crippen LogP contribution in [-0.4, -0.2) is 50.3 Å². The van der Waals surface area contributed by atoms with Gasteiger partial charge in [-0.15, -0.1) is 0 Å². The monoisotopic (exact) mass is 479 g/mol. The zero-order chi connectivity index (χ0) is 24.5. The van der Waals surface area contributed by atoms with Gasteiger partial charge in [0.1, 0.15) is 15.9 Å². The van der Waals surface area contributed by atoms with Gasteiger partial charge < -0.3 is 16.2 Å². The molecular formula is C25H41N3O4S. The lowest BCUT2D eigenvalue weighted by molar-refractivity contribution is -0.0481. The van der Waals surface area contributed by atoms with Crippen LogP contribution in [0.4, 0.5) is 0 Å². The second kappa shape index (κ2) is 9.72. The lowest BCUT2D eigenvalue weighted by Gasteiger charge is -2.55. The van der Waals surface area contributed by atoms with Crippen molar-refractivity contribution in [3.05, 3.63) is 40.4 Å². The van der Waals surface area contributed by atoms with Crippen molar-refractivity contribution >= 4 is 9.84 Å². The zero-order valence-corrected chi connectivity index (χ0v) is 21.3. The fourth-order valence-corrected chi connectivity index (χ4v) is 7.00. The molecule has 33 heavy (non-hydrogen) atoms. The Bertz CT molecular complexity index is 943. The largest absolute Gasteiger partial charge is 0.377 e. The summed E-state index contributed by atoms with van der Waals surface area (Å²) >= 11 is 0. The number of nitrogens with two attached hydrogens (primary N) is 2. The van der Waals surface area contributed by atoms with Crippen LogP contribution in [0, 0.1) is 10.3 Å². The summed E-state index contributed by atoms with van der Waals surface area (Å²) in [4.78, 5) is 11.1. The molecule has 7 nitrogen and oxygen atoms in total. The Morgan fingerprint density at radius 3 is 2.61 bits per heavy atom. The molecule has 3 rings (SSSR count). The van der Waals surface area contributed by atoms with Crippen molar-refractivity contribution in [2.24, 2.45) is 22.1 Å². The molecule has 3 aliphatic rings. The van der Waals surface area contributed by atoms with Gasteiger partial charge in [-0.25, -0.2) is 8.42 Å². The summed E-state index contributed by atoms with van der Waals surface area (Å²) in [6, 6.07) is -0.323. The number of hydrogen-bond donors (Lipinski definition) is 2. The Morgan fingerprint density at radius 1 is 1.21 bits per heavy atom. The van der Waals surface area contributed by atoms with Gasteiger partial charge in [-0.05, 0) is 81.4 Å². The molecule has 0 aromatic carbocycles. The van der Waals surface area contributed by atoms with Crippen molar-refractivity contribution in [2.75, 3.05) is 18.6 Å². The van der Waals surface area contributed by atoms with E-state index >= 15 is 0 Å². The van der Waals surface area contributed by atoms with Gasteiger partial charge in [-0.1, -0.05) is 30.8 Å². The fourth-order valence-electron chi connectivity index (χ4n) is 6.35. The maximum atomic E-state index is 11.4. The van der Waals surface area contributed by atoms with Gasteiger partial charge in [0.25, 0.3) is 0 Å². The maximum absolute atomic E-state index is 11.4. The van der Waals surface area contributed by atoms with Crippen LogP contribution in [0.15, 0.2) is 40.6 Å². The van der Waals surface area contributed by atoms with E-state index in [0.29, 0.717) is 13.0 Å². The molecule has 1 unspecified atom stereocenters. The van der Waals surface area contributed by atoms with Crippen LogP contribution in [0.2, 0.25) is 0 Å². The average Bonchev–Trinajstić information content (AvgIpc) is 2.98. The minimum absolute atomic E-state index is 0.114. The first-order valence-corrected chi connectivity index (χ1v) is 14.2. The van der Waals surface area contributed by atoms with Gasteiger partial charge in [0, 0.05) is 29.4 Å². The van der Waals surface area contributed by atoms with E-state index in [4.69, 9.17) is 16.2 Å². The normalized spacial score (nSPS) is 38.5. The second-order valence-corrected chi connectivity index (χ2v) is 12.9. The van der Waals surface area contributed by atoms with E-state index in [1.54, 1.807) is 0 Å². The van der Waals surface area contributed by atoms with Crippen LogP contribution in [0.25, 0.3) is 0 Å². The van der Waals surface area contributed by atoms with Crippen LogP contribution in [-0.2, 0) is 14.6 Å². The van der Waals surface area contributed by atoms with E-state index in [0.717, 1.165) is 62.5 Å². The highest BCUT2D eigenvalue weighted by Gasteiger charge is 2.65. The standard InChI is InChI=1S/C25H41N3O4S/c1-18-20(8-5-10-22(18)28-29)11-12-21-9-6-13-23(3)24(26,14-15-25(21,23)27)19(2)32-16-7-17-33(4,30)31/h11-12,19,22H,1,5-10,13-17,26-27H2,2-4H3/b20-11-,21-12+/t19-,22?,23-,24+,25-/m1/s1. The third-order valence-electron chi connectivity index (χ3n) is 8.74. The summed E-state index contributed by atoms with van der Waals surface area (Å²) in [7, 11) is -3.00. The number of rotatable bonds is 8. The molecule has 3 saturated carbocycles. The minimum atomic E-state index is -3.00. The smallest absolute Gasteiger partial charge is 0.147 e. The molecular weight excluding hydrogens is 438 g/mol. The molecule has 0 bridgehead atoms. The Hall–Kier alpha value is -1.35. The van der Waals surface area contributed by atoms with E-state index in [9.17, 15) is 13.3 Å². The number of hydrogen-bond acceptors (Lipinski definition) is 7. The van der Waals surface area contributed by atoms with Gasteiger partial charge in [-0.3, -0.25) is 0 Å². The highest BCUT2D eigenvalue weighted by Crippen LogP contribution is 2.60. The number of ether oxygens (including phenoxy) is 1. The fraction of sp³-hybridized carbons (Fsp3) is 0.760. The van der Waals surface area contributed by atoms with E-state index in [2.05, 4.69) is 30.8 Å². The number of fused-ring (bicyclic) bond motifs is 1. The molecule has 8 heteroatoms. The quantitative estimate of drug-likeness (QED) is 0.401. The lowest BCUT2D eigenvalue weighted by Crippen LogP contribution is -2.68. The van der Waals surface area contributed by atoms with Crippen LogP contribution in [0.3, 0.4) is 0 Å². The highest BCUT2D eigenvalue weighted by molar-refractivity contribution is 7.90. The van der Waals surface area contributed by atoms with Crippen molar-refractivity contribution in [2.45, 2.75) is 94.9 Å². The third kappa shape index (κ3) is 4.90. The van der Waals surface area contributed by atoms with E-state index in [-0.39, 0.29) is 23.3 Å². The Kier molecular flexibility index (Phi) is 7.73. The molecule has 0 heterocycles. The summed E-state index contributed by atoms with van der Waals surface area (Å²) in [6.07, 6.45) is 12.7. The Balaban J connectivity index is 1.79. The molecule has 4 N–H and O–H groups in total. The van der Waals surface area contributed by atoms with E-state index in [1.807, 2.05) is 6.92 Å². The van der Waals surface area contributed by atoms with Crippen LogP contribution >= 0.6 is 0 Å². The topological polar surface area (TPSA) is 125 Å². The third-order valence-corrected chi connectivity index (χ3v) is 9.78. The number of nitroso groups, excluding NO2 is 1. The van der Waals surface area contributed by atoms with Crippen molar-refractivity contribution in [1.29, 1.82) is 0 Å². The summed E-state index contributed by atoms with van der Waals surface area (Å²) in [5, 5.41) is 3.23. The molecule has 0 spiro atoms. The SMILES string of the molecule is C=C1/C(=C\C=C2/CCC[C@@]3(C)[C@@]2(N)CC[C@]3(N)[C@@H](C)OCCCS(C)(=O)=O)CCCC1N=O. The van der Waals surface area contributed by atoms with Crippen LogP contribution in [0.1, 0.15) is 71.6 Å². The number of sulfone groups is 1. The van der Waals surface area contributed by atoms with Crippen molar-refractivity contribution < 1.29 is 13.2 Å². The summed E-state index contributed by atoms with van der Waals surface area (Å²) in [5.74, 6) is 0.114. The minimum Gasteiger partial charge on any atom is -0.377 e. The first-order valence-electron chi connectivity index (χ1n) is 12.2. The molecule has 3 aliphatic carbocycles. The first kappa shape index (κ1) is 26.3. The van der Waals surface area contributed by atoms with Gasteiger partial charge >= 0.3 is 0 Å². The van der Waals surface area contributed by atoms with Gasteiger partial charge in [-0.2, -0.15) is 4.91 Å². The molecule has 186 valence electrons. The number of allylic oxidation sites excluding steroid dienone is 2. The zero-order valence-electron chi connectivity index (χ0n) is 20.4. The second-order valence-electron chi connectivity index (χ2n) is 10.6. The maximum Gasteiger partial charge on any atom is 0.147 e. The molecule has 0 amide bonds. The summed E-state index contributed by atoms with van der Waals surface area (Å²) in [6.45, 7) is 8.67. The van der Waals surface area contributed by atoms with Crippen LogP contribution in [0.5, 0.6) is 0 Å². The van der Waals surface area contributed by atoms with E-state index < -0.39 is 20.9 Å². The number of nitrogens with zero attached hydrogens (tertiary/aromatic N) is 1. The Labute approximate surface area is 199 Å². The Morgan fingerprint density at radius 2 is 1.94 bits per heavy atom. The van der Waals surface area contributed by atoms with Gasteiger partial charge in [0.15, 0.2) is 0 Å². The molecule has 0 aromatic rings. The molecule has 0 saturated heterocycles. The molecule has 0 aromatic heterocycles.